The van der Waals surface area contributed by atoms with Crippen molar-refractivity contribution < 1.29 is 9.53 Å². The Balaban J connectivity index is 1.50. The Kier molecular flexibility index (Phi) is 4.72. The zero-order valence-electron chi connectivity index (χ0n) is 13.3. The highest BCUT2D eigenvalue weighted by Gasteiger charge is 2.25. The van der Waals surface area contributed by atoms with Crippen LogP contribution in [0.25, 0.3) is 0 Å². The predicted molar refractivity (Wildman–Crippen MR) is 102 cm³/mol. The monoisotopic (exact) mass is 368 g/mol. The van der Waals surface area contributed by atoms with Crippen molar-refractivity contribution in [1.29, 1.82) is 0 Å². The Morgan fingerprint density at radius 3 is 2.84 bits per heavy atom. The van der Waals surface area contributed by atoms with Crippen molar-refractivity contribution in [3.8, 4) is 5.75 Å². The quantitative estimate of drug-likeness (QED) is 0.737. The molecule has 4 rings (SSSR count). The molecule has 0 spiro atoms. The number of nitrogens with zero attached hydrogens (tertiary/aromatic N) is 1. The number of ether oxygens (including phenoxy) is 1. The summed E-state index contributed by atoms with van der Waals surface area (Å²) in [5.41, 5.74) is 3.01. The maximum absolute atomic E-state index is 11.8. The van der Waals surface area contributed by atoms with Crippen LogP contribution in [-0.4, -0.2) is 16.6 Å². The van der Waals surface area contributed by atoms with E-state index in [1.807, 2.05) is 41.8 Å². The Labute approximate surface area is 154 Å². The van der Waals surface area contributed by atoms with Gasteiger partial charge < -0.3 is 10.1 Å². The molecule has 1 aromatic carbocycles. The van der Waals surface area contributed by atoms with E-state index in [1.54, 1.807) is 29.3 Å². The maximum atomic E-state index is 11.8. The van der Waals surface area contributed by atoms with Crippen LogP contribution in [0.4, 0.5) is 5.69 Å². The lowest BCUT2D eigenvalue weighted by atomic mass is 10.1. The number of aromatic nitrogens is 1. The fourth-order valence-electron chi connectivity index (χ4n) is 2.68. The summed E-state index contributed by atoms with van der Waals surface area (Å²) in [6.07, 6.45) is 1.76. The summed E-state index contributed by atoms with van der Waals surface area (Å²) in [5, 5.41) is 5.16. The van der Waals surface area contributed by atoms with Crippen molar-refractivity contribution in [1.82, 2.24) is 4.98 Å². The summed E-state index contributed by atoms with van der Waals surface area (Å²) in [4.78, 5) is 17.3. The summed E-state index contributed by atoms with van der Waals surface area (Å²) in [6.45, 7) is 0.450. The number of carbonyl (C=O) groups excluding carboxylic acids is 1. The van der Waals surface area contributed by atoms with E-state index in [0.29, 0.717) is 12.4 Å². The van der Waals surface area contributed by atoms with Crippen molar-refractivity contribution >= 4 is 34.7 Å². The molecule has 0 radical (unpaired) electrons. The van der Waals surface area contributed by atoms with E-state index in [9.17, 15) is 4.79 Å². The molecule has 0 saturated heterocycles. The first-order chi connectivity index (χ1) is 12.3. The first kappa shape index (κ1) is 16.2. The number of pyridine rings is 1. The van der Waals surface area contributed by atoms with Gasteiger partial charge in [-0.05, 0) is 41.3 Å². The molecule has 0 aliphatic carbocycles. The van der Waals surface area contributed by atoms with E-state index in [2.05, 4.69) is 22.4 Å². The highest BCUT2D eigenvalue weighted by Crippen LogP contribution is 2.44. The molecule has 3 heterocycles. The summed E-state index contributed by atoms with van der Waals surface area (Å²) in [5.74, 6) is 1.33. The zero-order chi connectivity index (χ0) is 17.1. The van der Waals surface area contributed by atoms with E-state index < -0.39 is 0 Å². The minimum atomic E-state index is 0.0578. The van der Waals surface area contributed by atoms with Crippen molar-refractivity contribution in [2.24, 2.45) is 0 Å². The fraction of sp³-hybridized carbons (Fsp3) is 0.158. The molecule has 6 heteroatoms. The van der Waals surface area contributed by atoms with Gasteiger partial charge in [-0.25, -0.2) is 0 Å². The van der Waals surface area contributed by atoms with E-state index in [4.69, 9.17) is 4.74 Å². The summed E-state index contributed by atoms with van der Waals surface area (Å²) in [6, 6.07) is 15.9. The lowest BCUT2D eigenvalue weighted by molar-refractivity contribution is -0.113. The van der Waals surface area contributed by atoms with Gasteiger partial charge in [0, 0.05) is 11.1 Å². The first-order valence-electron chi connectivity index (χ1n) is 7.91. The molecule has 25 heavy (non-hydrogen) atoms. The molecule has 1 aliphatic heterocycles. The van der Waals surface area contributed by atoms with Gasteiger partial charge >= 0.3 is 0 Å². The number of thiophene rings is 1. The fourth-order valence-corrected chi connectivity index (χ4v) is 4.92. The minimum absolute atomic E-state index is 0.0578. The number of carbonyl (C=O) groups is 1. The topological polar surface area (TPSA) is 51.2 Å². The number of anilines is 1. The summed E-state index contributed by atoms with van der Waals surface area (Å²) in [7, 11) is 0. The maximum Gasteiger partial charge on any atom is 0.234 e. The van der Waals surface area contributed by atoms with Gasteiger partial charge in [0.15, 0.2) is 0 Å². The van der Waals surface area contributed by atoms with Gasteiger partial charge in [0.1, 0.15) is 12.4 Å². The zero-order valence-corrected chi connectivity index (χ0v) is 15.0. The number of hydrogen-bond donors (Lipinski definition) is 1. The molecule has 1 unspecified atom stereocenters. The third-order valence-corrected chi connectivity index (χ3v) is 6.29. The van der Waals surface area contributed by atoms with Crippen LogP contribution >= 0.6 is 23.1 Å². The van der Waals surface area contributed by atoms with Gasteiger partial charge in [0.05, 0.1) is 22.4 Å². The van der Waals surface area contributed by atoms with Crippen molar-refractivity contribution in [3.63, 3.8) is 0 Å². The van der Waals surface area contributed by atoms with Crippen LogP contribution in [0, 0.1) is 0 Å². The molecule has 0 fully saturated rings. The highest BCUT2D eigenvalue weighted by molar-refractivity contribution is 8.00. The van der Waals surface area contributed by atoms with Gasteiger partial charge in [-0.15, -0.1) is 23.1 Å². The van der Waals surface area contributed by atoms with Crippen LogP contribution < -0.4 is 10.1 Å². The molecular formula is C19H16N2O2S2. The van der Waals surface area contributed by atoms with Gasteiger partial charge in [0.2, 0.25) is 5.91 Å². The highest BCUT2D eigenvalue weighted by atomic mass is 32.2. The molecule has 2 aromatic heterocycles. The second-order valence-corrected chi connectivity index (χ2v) is 7.66. The number of fused-ring (bicyclic) bond motifs is 1. The van der Waals surface area contributed by atoms with Crippen LogP contribution in [0.2, 0.25) is 0 Å². The Bertz CT molecular complexity index is 863. The summed E-state index contributed by atoms with van der Waals surface area (Å²) >= 11 is 3.34. The molecule has 1 N–H and O–H groups in total. The summed E-state index contributed by atoms with van der Waals surface area (Å²) < 4.78 is 5.80. The lowest BCUT2D eigenvalue weighted by Crippen LogP contribution is -2.11. The second kappa shape index (κ2) is 7.29. The third kappa shape index (κ3) is 3.70. The molecule has 3 aromatic rings. The largest absolute Gasteiger partial charge is 0.487 e. The van der Waals surface area contributed by atoms with E-state index in [0.717, 1.165) is 17.1 Å². The smallest absolute Gasteiger partial charge is 0.234 e. The van der Waals surface area contributed by atoms with E-state index in [1.165, 1.54) is 10.4 Å². The molecule has 0 saturated carbocycles. The number of amides is 1. The predicted octanol–water partition coefficient (Wildman–Crippen LogP) is 4.50. The van der Waals surface area contributed by atoms with Crippen LogP contribution in [0.3, 0.4) is 0 Å². The van der Waals surface area contributed by atoms with Crippen LogP contribution in [0.5, 0.6) is 5.75 Å². The number of thioether (sulfide) groups is 1. The Hall–Kier alpha value is -2.31. The molecule has 4 nitrogen and oxygen atoms in total. The molecule has 1 amide bonds. The average Bonchev–Trinajstić information content (AvgIpc) is 3.03. The van der Waals surface area contributed by atoms with Crippen molar-refractivity contribution in [2.75, 3.05) is 11.1 Å². The average molecular weight is 368 g/mol. The molecule has 126 valence electrons. The first-order valence-corrected chi connectivity index (χ1v) is 9.84. The number of hydrogen-bond acceptors (Lipinski definition) is 5. The van der Waals surface area contributed by atoms with Crippen LogP contribution in [-0.2, 0) is 11.4 Å². The number of rotatable bonds is 4. The van der Waals surface area contributed by atoms with Crippen molar-refractivity contribution in [2.45, 2.75) is 11.9 Å². The van der Waals surface area contributed by atoms with E-state index in [-0.39, 0.29) is 11.2 Å². The third-order valence-electron chi connectivity index (χ3n) is 3.88. The SMILES string of the molecule is O=C1CSC(c2ccc(OCc3ccccn3)cc2)c2sccc2N1. The number of nitrogens with one attached hydrogen (secondary N) is 1. The lowest BCUT2D eigenvalue weighted by Gasteiger charge is -2.14. The van der Waals surface area contributed by atoms with Gasteiger partial charge in [-0.3, -0.25) is 9.78 Å². The van der Waals surface area contributed by atoms with Gasteiger partial charge in [0.25, 0.3) is 0 Å². The molecular weight excluding hydrogens is 352 g/mol. The second-order valence-electron chi connectivity index (χ2n) is 5.62. The Morgan fingerprint density at radius 1 is 1.16 bits per heavy atom. The van der Waals surface area contributed by atoms with Crippen LogP contribution in [0.15, 0.2) is 60.1 Å². The minimum Gasteiger partial charge on any atom is -0.487 e. The van der Waals surface area contributed by atoms with Gasteiger partial charge in [-0.2, -0.15) is 0 Å². The normalized spacial score (nSPS) is 16.6. The molecule has 0 bridgehead atoms. The number of benzene rings is 1. The molecule has 1 atom stereocenters. The van der Waals surface area contributed by atoms with Crippen LogP contribution in [0.1, 0.15) is 21.4 Å². The standard InChI is InChI=1S/C19H16N2O2S2/c22-17-12-25-18(19-16(21-17)8-10-24-19)13-4-6-15(7-5-13)23-11-14-3-1-2-9-20-14/h1-10,18H,11-12H2,(H,21,22). The molecule has 1 aliphatic rings. The Morgan fingerprint density at radius 2 is 2.04 bits per heavy atom. The van der Waals surface area contributed by atoms with Gasteiger partial charge in [-0.1, -0.05) is 18.2 Å². The van der Waals surface area contributed by atoms with Crippen molar-refractivity contribution in [3.05, 3.63) is 76.2 Å². The van der Waals surface area contributed by atoms with E-state index >= 15 is 0 Å².